The molecule has 3 atom stereocenters. The van der Waals surface area contributed by atoms with E-state index in [0.29, 0.717) is 34.5 Å². The van der Waals surface area contributed by atoms with E-state index in [1.807, 2.05) is 81.9 Å². The summed E-state index contributed by atoms with van der Waals surface area (Å²) in [6, 6.07) is 18.8. The maximum atomic E-state index is 13.4. The van der Waals surface area contributed by atoms with Gasteiger partial charge in [0.15, 0.2) is 0 Å². The molecule has 1 saturated heterocycles. The molecule has 3 unspecified atom stereocenters. The van der Waals surface area contributed by atoms with Gasteiger partial charge in [-0.15, -0.1) is 0 Å². The second kappa shape index (κ2) is 17.5. The SMILES string of the molecule is CC(NCc1ccc(Cl)cc1Oc1ccc(-c2cnc(CN(C)C)n2C)cc1)C(=O)NC(CO)C(=O)NC1(Cc2ccc(Cl)cc2)CCCNC1. The molecule has 11 nitrogen and oxygen atoms in total. The van der Waals surface area contributed by atoms with Gasteiger partial charge in [-0.25, -0.2) is 4.98 Å². The number of nitrogens with zero attached hydrogens (tertiary/aromatic N) is 3. The molecule has 0 bridgehead atoms. The lowest BCUT2D eigenvalue weighted by Crippen LogP contribution is -2.63. The molecule has 0 saturated carbocycles. The van der Waals surface area contributed by atoms with Crippen LogP contribution in [0, 0.1) is 0 Å². The number of nitrogens with one attached hydrogen (secondary N) is 4. The molecule has 2 amide bonds. The molecule has 0 radical (unpaired) electrons. The smallest absolute Gasteiger partial charge is 0.245 e. The van der Waals surface area contributed by atoms with E-state index in [1.165, 1.54) is 0 Å². The zero-order chi connectivity index (χ0) is 36.5. The van der Waals surface area contributed by atoms with Gasteiger partial charge in [-0.1, -0.05) is 41.4 Å². The van der Waals surface area contributed by atoms with Crippen molar-refractivity contribution in [1.82, 2.24) is 35.7 Å². The van der Waals surface area contributed by atoms with Gasteiger partial charge in [0.25, 0.3) is 0 Å². The zero-order valence-electron chi connectivity index (χ0n) is 29.5. The Morgan fingerprint density at radius 1 is 1.06 bits per heavy atom. The fourth-order valence-electron chi connectivity index (χ4n) is 6.19. The Bertz CT molecular complexity index is 1770. The van der Waals surface area contributed by atoms with Crippen molar-refractivity contribution in [1.29, 1.82) is 0 Å². The van der Waals surface area contributed by atoms with E-state index in [9.17, 15) is 14.7 Å². The number of halogens is 2. The van der Waals surface area contributed by atoms with Crippen LogP contribution in [-0.4, -0.2) is 82.8 Å². The number of benzene rings is 3. The summed E-state index contributed by atoms with van der Waals surface area (Å²) in [4.78, 5) is 33.3. The first kappa shape index (κ1) is 38.3. The number of aliphatic hydroxyl groups excluding tert-OH is 1. The van der Waals surface area contributed by atoms with Crippen molar-refractivity contribution >= 4 is 35.0 Å². The van der Waals surface area contributed by atoms with Crippen molar-refractivity contribution in [2.45, 2.75) is 56.9 Å². The monoisotopic (exact) mass is 735 g/mol. The number of aliphatic hydroxyl groups is 1. The number of imidazole rings is 1. The molecule has 3 aromatic carbocycles. The maximum Gasteiger partial charge on any atom is 0.245 e. The van der Waals surface area contributed by atoms with Gasteiger partial charge in [-0.2, -0.15) is 0 Å². The molecule has 51 heavy (non-hydrogen) atoms. The fraction of sp³-hybridized carbons (Fsp3) is 0.395. The second-order valence-electron chi connectivity index (χ2n) is 13.4. The predicted molar refractivity (Wildman–Crippen MR) is 201 cm³/mol. The molecule has 5 rings (SSSR count). The first-order valence-corrected chi connectivity index (χ1v) is 17.8. The third-order valence-corrected chi connectivity index (χ3v) is 9.56. The van der Waals surface area contributed by atoms with E-state index in [-0.39, 0.29) is 6.54 Å². The summed E-state index contributed by atoms with van der Waals surface area (Å²) >= 11 is 12.4. The average Bonchev–Trinajstić information content (AvgIpc) is 3.46. The summed E-state index contributed by atoms with van der Waals surface area (Å²) in [6.45, 7) is 3.62. The highest BCUT2D eigenvalue weighted by Gasteiger charge is 2.36. The van der Waals surface area contributed by atoms with E-state index in [4.69, 9.17) is 27.9 Å². The topological polar surface area (TPSA) is 133 Å². The standard InChI is InChI=1S/C38H47Cl2N7O4/c1-25(36(49)44-32(23-48)37(50)45-38(16-5-17-41-24-38)19-26-6-11-29(39)12-7-26)42-20-28-8-13-30(40)18-34(28)51-31-14-9-27(10-15-31)33-21-43-35(47(33)4)22-46(2)3/h6-15,18,21,25,32,41-42,48H,5,16-17,19-20,22-24H2,1-4H3,(H,44,49)(H,45,50). The van der Waals surface area contributed by atoms with Gasteiger partial charge in [0.05, 0.1) is 36.6 Å². The van der Waals surface area contributed by atoms with Gasteiger partial charge in [0, 0.05) is 41.3 Å². The molecule has 1 aliphatic rings. The van der Waals surface area contributed by atoms with Crippen molar-refractivity contribution in [3.05, 3.63) is 99.9 Å². The summed E-state index contributed by atoms with van der Waals surface area (Å²) in [5.41, 5.74) is 3.27. The van der Waals surface area contributed by atoms with E-state index in [1.54, 1.807) is 19.1 Å². The molecule has 1 fully saturated rings. The van der Waals surface area contributed by atoms with Crippen LogP contribution in [0.1, 0.15) is 36.7 Å². The Labute approximate surface area is 309 Å². The predicted octanol–water partition coefficient (Wildman–Crippen LogP) is 4.68. The van der Waals surface area contributed by atoms with E-state index >= 15 is 0 Å². The molecule has 5 N–H and O–H groups in total. The second-order valence-corrected chi connectivity index (χ2v) is 14.3. The van der Waals surface area contributed by atoms with Crippen LogP contribution in [-0.2, 0) is 36.1 Å². The third kappa shape index (κ3) is 10.3. The fourth-order valence-corrected chi connectivity index (χ4v) is 6.48. The number of aromatic nitrogens is 2. The van der Waals surface area contributed by atoms with Crippen molar-refractivity contribution in [2.75, 3.05) is 33.8 Å². The number of hydrogen-bond acceptors (Lipinski definition) is 8. The van der Waals surface area contributed by atoms with Gasteiger partial charge >= 0.3 is 0 Å². The lowest BCUT2D eigenvalue weighted by molar-refractivity contribution is -0.132. The van der Waals surface area contributed by atoms with Crippen molar-refractivity contribution in [3.8, 4) is 22.8 Å². The molecule has 0 aliphatic carbocycles. The molecule has 2 heterocycles. The highest BCUT2D eigenvalue weighted by Crippen LogP contribution is 2.31. The summed E-state index contributed by atoms with van der Waals surface area (Å²) in [7, 11) is 6.03. The largest absolute Gasteiger partial charge is 0.457 e. The Hall–Kier alpha value is -3.97. The van der Waals surface area contributed by atoms with E-state index in [2.05, 4.69) is 35.7 Å². The lowest BCUT2D eigenvalue weighted by Gasteiger charge is -2.39. The van der Waals surface area contributed by atoms with Gasteiger partial charge in [-0.3, -0.25) is 9.59 Å². The molecular weight excluding hydrogens is 689 g/mol. The Balaban J connectivity index is 1.18. The average molecular weight is 737 g/mol. The Morgan fingerprint density at radius 3 is 2.45 bits per heavy atom. The lowest BCUT2D eigenvalue weighted by atomic mass is 9.83. The number of ether oxygens (including phenoxy) is 1. The van der Waals surface area contributed by atoms with Gasteiger partial charge in [-0.05, 0) is 101 Å². The summed E-state index contributed by atoms with van der Waals surface area (Å²) < 4.78 is 8.33. The minimum atomic E-state index is -1.12. The summed E-state index contributed by atoms with van der Waals surface area (Å²) in [6.07, 6.45) is 4.10. The Kier molecular flexibility index (Phi) is 13.1. The quantitative estimate of drug-likeness (QED) is 0.119. The van der Waals surface area contributed by atoms with Crippen LogP contribution in [0.4, 0.5) is 0 Å². The number of amides is 2. The van der Waals surface area contributed by atoms with Crippen LogP contribution < -0.4 is 26.0 Å². The highest BCUT2D eigenvalue weighted by molar-refractivity contribution is 6.31. The number of carbonyl (C=O) groups is 2. The number of rotatable bonds is 15. The minimum Gasteiger partial charge on any atom is -0.457 e. The van der Waals surface area contributed by atoms with Crippen LogP contribution in [0.15, 0.2) is 72.9 Å². The van der Waals surface area contributed by atoms with Crippen LogP contribution in [0.3, 0.4) is 0 Å². The number of piperidine rings is 1. The molecule has 13 heteroatoms. The van der Waals surface area contributed by atoms with E-state index < -0.39 is 36.0 Å². The number of carbonyl (C=O) groups excluding carboxylic acids is 2. The zero-order valence-corrected chi connectivity index (χ0v) is 31.0. The molecule has 1 aromatic heterocycles. The summed E-state index contributed by atoms with van der Waals surface area (Å²) in [5.74, 6) is 1.28. The van der Waals surface area contributed by atoms with Gasteiger partial charge < -0.3 is 40.6 Å². The van der Waals surface area contributed by atoms with Crippen LogP contribution in [0.25, 0.3) is 11.3 Å². The highest BCUT2D eigenvalue weighted by atomic mass is 35.5. The van der Waals surface area contributed by atoms with Gasteiger partial charge in [0.1, 0.15) is 23.4 Å². The molecular formula is C38H47Cl2N7O4. The van der Waals surface area contributed by atoms with Crippen LogP contribution in [0.5, 0.6) is 11.5 Å². The first-order valence-electron chi connectivity index (χ1n) is 17.1. The van der Waals surface area contributed by atoms with Crippen molar-refractivity contribution < 1.29 is 19.4 Å². The van der Waals surface area contributed by atoms with Crippen molar-refractivity contribution in [3.63, 3.8) is 0 Å². The maximum absolute atomic E-state index is 13.4. The van der Waals surface area contributed by atoms with Crippen molar-refractivity contribution in [2.24, 2.45) is 7.05 Å². The molecule has 0 spiro atoms. The molecule has 4 aromatic rings. The minimum absolute atomic E-state index is 0.286. The molecule has 272 valence electrons. The third-order valence-electron chi connectivity index (χ3n) is 9.07. The first-order chi connectivity index (χ1) is 24.4. The van der Waals surface area contributed by atoms with Crippen LogP contribution in [0.2, 0.25) is 10.0 Å². The van der Waals surface area contributed by atoms with Crippen LogP contribution >= 0.6 is 23.2 Å². The number of hydrogen-bond donors (Lipinski definition) is 5. The summed E-state index contributed by atoms with van der Waals surface area (Å²) in [5, 5.41) is 23.7. The normalized spacial score (nSPS) is 17.2. The van der Waals surface area contributed by atoms with Gasteiger partial charge in [0.2, 0.25) is 11.8 Å². The Morgan fingerprint density at radius 2 is 1.78 bits per heavy atom. The molecule has 1 aliphatic heterocycles. The van der Waals surface area contributed by atoms with E-state index in [0.717, 1.165) is 54.1 Å².